The highest BCUT2D eigenvalue weighted by atomic mass is 32.2. The fraction of sp³-hybridized carbons (Fsp3) is 0.583. The van der Waals surface area contributed by atoms with E-state index < -0.39 is 0 Å². The average Bonchev–Trinajstić information content (AvgIpc) is 2.91. The van der Waals surface area contributed by atoms with Crippen molar-refractivity contribution in [1.29, 1.82) is 0 Å². The predicted molar refractivity (Wildman–Crippen MR) is 74.8 cm³/mol. The first-order valence-corrected chi connectivity index (χ1v) is 8.15. The molecule has 1 aliphatic rings. The Labute approximate surface area is 110 Å². The highest BCUT2D eigenvalue weighted by Crippen LogP contribution is 2.21. The monoisotopic (exact) mass is 267 g/mol. The van der Waals surface area contributed by atoms with Gasteiger partial charge < -0.3 is 5.32 Å². The molecule has 0 saturated carbocycles. The van der Waals surface area contributed by atoms with Crippen LogP contribution in [0.2, 0.25) is 0 Å². The number of nitrogens with one attached hydrogen (secondary N) is 1. The molecule has 3 heterocycles. The first kappa shape index (κ1) is 11.6. The second-order valence-corrected chi connectivity index (χ2v) is 6.61. The minimum atomic E-state index is 0.875. The van der Waals surface area contributed by atoms with Crippen molar-refractivity contribution in [2.75, 3.05) is 18.1 Å². The number of hydrogen-bond acceptors (Lipinski definition) is 4. The van der Waals surface area contributed by atoms with E-state index in [1.807, 2.05) is 0 Å². The molecule has 0 aromatic carbocycles. The van der Waals surface area contributed by atoms with Crippen molar-refractivity contribution >= 4 is 28.1 Å². The van der Waals surface area contributed by atoms with Crippen LogP contribution in [0.1, 0.15) is 18.5 Å². The van der Waals surface area contributed by atoms with E-state index >= 15 is 0 Å². The van der Waals surface area contributed by atoms with Gasteiger partial charge in [0, 0.05) is 24.3 Å². The molecule has 3 rings (SSSR count). The second-order valence-electron chi connectivity index (χ2n) is 4.51. The third kappa shape index (κ3) is 2.84. The molecule has 1 N–H and O–H groups in total. The fourth-order valence-corrected chi connectivity index (χ4v) is 4.14. The summed E-state index contributed by atoms with van der Waals surface area (Å²) >= 11 is 3.78. The van der Waals surface area contributed by atoms with Gasteiger partial charge in [-0.2, -0.15) is 11.8 Å². The van der Waals surface area contributed by atoms with Crippen molar-refractivity contribution in [1.82, 2.24) is 14.7 Å². The van der Waals surface area contributed by atoms with Gasteiger partial charge in [-0.1, -0.05) is 0 Å². The fourth-order valence-electron chi connectivity index (χ4n) is 2.22. The number of aromatic nitrogens is 2. The zero-order chi connectivity index (χ0) is 11.5. The Hall–Kier alpha value is -0.520. The summed E-state index contributed by atoms with van der Waals surface area (Å²) in [6, 6.07) is 0. The number of thiazole rings is 1. The summed E-state index contributed by atoms with van der Waals surface area (Å²) in [5.41, 5.74) is 1.15. The van der Waals surface area contributed by atoms with Crippen LogP contribution in [-0.2, 0) is 6.54 Å². The molecule has 0 amide bonds. The van der Waals surface area contributed by atoms with Crippen molar-refractivity contribution in [2.45, 2.75) is 19.4 Å². The number of hydrogen-bond donors (Lipinski definition) is 1. The van der Waals surface area contributed by atoms with Crippen LogP contribution >= 0.6 is 23.1 Å². The van der Waals surface area contributed by atoms with Crippen molar-refractivity contribution in [3.63, 3.8) is 0 Å². The van der Waals surface area contributed by atoms with Crippen LogP contribution in [0.3, 0.4) is 0 Å². The van der Waals surface area contributed by atoms with E-state index in [0.29, 0.717) is 0 Å². The summed E-state index contributed by atoms with van der Waals surface area (Å²) in [4.78, 5) is 5.66. The number of thioether (sulfide) groups is 1. The summed E-state index contributed by atoms with van der Waals surface area (Å²) in [6.07, 6.45) is 6.93. The molecule has 2 aromatic rings. The van der Waals surface area contributed by atoms with Crippen LogP contribution in [0.5, 0.6) is 0 Å². The first-order valence-electron chi connectivity index (χ1n) is 6.11. The number of nitrogens with zero attached hydrogens (tertiary/aromatic N) is 2. The van der Waals surface area contributed by atoms with Gasteiger partial charge in [0.2, 0.25) is 0 Å². The summed E-state index contributed by atoms with van der Waals surface area (Å²) in [7, 11) is 0. The van der Waals surface area contributed by atoms with Gasteiger partial charge in [-0.15, -0.1) is 11.3 Å². The first-order chi connectivity index (χ1) is 8.42. The molecule has 0 bridgehead atoms. The maximum atomic E-state index is 4.57. The Morgan fingerprint density at radius 2 is 2.29 bits per heavy atom. The standard InChI is InChI=1S/C12H17N3S2/c1-4-16-5-2-10(1)7-13-8-11-9-15-3-6-17-12(15)14-11/h3,6,9-10,13H,1-2,4-5,7-8H2. The molecule has 3 nitrogen and oxygen atoms in total. The van der Waals surface area contributed by atoms with Gasteiger partial charge in [0.05, 0.1) is 5.69 Å². The Kier molecular flexibility index (Phi) is 3.68. The molecular weight excluding hydrogens is 250 g/mol. The minimum absolute atomic E-state index is 0.875. The van der Waals surface area contributed by atoms with Gasteiger partial charge in [0.1, 0.15) is 0 Å². The van der Waals surface area contributed by atoms with Gasteiger partial charge in [-0.05, 0) is 36.8 Å². The van der Waals surface area contributed by atoms with Crippen molar-refractivity contribution < 1.29 is 0 Å². The van der Waals surface area contributed by atoms with Crippen LogP contribution in [0.15, 0.2) is 17.8 Å². The van der Waals surface area contributed by atoms with Crippen LogP contribution in [0, 0.1) is 5.92 Å². The predicted octanol–water partition coefficient (Wildman–Crippen LogP) is 2.63. The normalized spacial score (nSPS) is 17.9. The molecule has 17 heavy (non-hydrogen) atoms. The average molecular weight is 267 g/mol. The lowest BCUT2D eigenvalue weighted by Crippen LogP contribution is -2.25. The molecular formula is C12H17N3S2. The van der Waals surface area contributed by atoms with Crippen LogP contribution in [0.25, 0.3) is 4.96 Å². The lowest BCUT2D eigenvalue weighted by molar-refractivity contribution is 0.446. The molecule has 1 saturated heterocycles. The molecule has 0 radical (unpaired) electrons. The number of rotatable bonds is 4. The maximum absolute atomic E-state index is 4.57. The Morgan fingerprint density at radius 1 is 1.41 bits per heavy atom. The van der Waals surface area contributed by atoms with Gasteiger partial charge in [0.15, 0.2) is 4.96 Å². The van der Waals surface area contributed by atoms with Gasteiger partial charge >= 0.3 is 0 Å². The molecule has 2 aromatic heterocycles. The summed E-state index contributed by atoms with van der Waals surface area (Å²) in [5.74, 6) is 3.55. The Balaban J connectivity index is 1.49. The number of imidazole rings is 1. The molecule has 0 unspecified atom stereocenters. The summed E-state index contributed by atoms with van der Waals surface area (Å²) in [5, 5.41) is 5.61. The van der Waals surface area contributed by atoms with Crippen LogP contribution < -0.4 is 5.32 Å². The van der Waals surface area contributed by atoms with E-state index in [9.17, 15) is 0 Å². The maximum Gasteiger partial charge on any atom is 0.193 e. The van der Waals surface area contributed by atoms with E-state index in [0.717, 1.165) is 29.7 Å². The van der Waals surface area contributed by atoms with E-state index in [1.165, 1.54) is 24.3 Å². The lowest BCUT2D eigenvalue weighted by atomic mass is 10.0. The molecule has 0 spiro atoms. The van der Waals surface area contributed by atoms with Crippen molar-refractivity contribution in [3.05, 3.63) is 23.5 Å². The van der Waals surface area contributed by atoms with Crippen molar-refractivity contribution in [2.24, 2.45) is 5.92 Å². The SMILES string of the molecule is c1cn2cc(CNCC3CCSCC3)nc2s1. The van der Waals surface area contributed by atoms with E-state index in [-0.39, 0.29) is 0 Å². The largest absolute Gasteiger partial charge is 0.311 e. The molecule has 5 heteroatoms. The van der Waals surface area contributed by atoms with Crippen LogP contribution in [-0.4, -0.2) is 27.4 Å². The smallest absolute Gasteiger partial charge is 0.193 e. The highest BCUT2D eigenvalue weighted by molar-refractivity contribution is 7.99. The topological polar surface area (TPSA) is 29.3 Å². The van der Waals surface area contributed by atoms with E-state index in [4.69, 9.17) is 0 Å². The van der Waals surface area contributed by atoms with E-state index in [1.54, 1.807) is 11.3 Å². The zero-order valence-corrected chi connectivity index (χ0v) is 11.4. The lowest BCUT2D eigenvalue weighted by Gasteiger charge is -2.21. The minimum Gasteiger partial charge on any atom is -0.311 e. The molecule has 1 aliphatic heterocycles. The van der Waals surface area contributed by atoms with Crippen molar-refractivity contribution in [3.8, 4) is 0 Å². The number of fused-ring (bicyclic) bond motifs is 1. The molecule has 92 valence electrons. The molecule has 0 atom stereocenters. The highest BCUT2D eigenvalue weighted by Gasteiger charge is 2.13. The Morgan fingerprint density at radius 3 is 3.12 bits per heavy atom. The van der Waals surface area contributed by atoms with E-state index in [2.05, 4.69) is 44.2 Å². The van der Waals surface area contributed by atoms with Crippen LogP contribution in [0.4, 0.5) is 0 Å². The third-order valence-corrected chi connectivity index (χ3v) is 5.04. The molecule has 0 aliphatic carbocycles. The quantitative estimate of drug-likeness (QED) is 0.923. The third-order valence-electron chi connectivity index (χ3n) is 3.22. The second kappa shape index (κ2) is 5.42. The summed E-state index contributed by atoms with van der Waals surface area (Å²) in [6.45, 7) is 2.05. The van der Waals surface area contributed by atoms with Gasteiger partial charge in [-0.3, -0.25) is 4.40 Å². The Bertz CT molecular complexity index is 442. The molecule has 1 fully saturated rings. The van der Waals surface area contributed by atoms with Gasteiger partial charge in [-0.25, -0.2) is 4.98 Å². The zero-order valence-electron chi connectivity index (χ0n) is 9.76. The van der Waals surface area contributed by atoms with Gasteiger partial charge in [0.25, 0.3) is 0 Å². The summed E-state index contributed by atoms with van der Waals surface area (Å²) < 4.78 is 2.10.